The molecule has 0 spiro atoms. The average molecular weight is 499 g/mol. The normalized spacial score (nSPS) is 17.9. The average Bonchev–Trinajstić information content (AvgIpc) is 2.89. The van der Waals surface area contributed by atoms with Gasteiger partial charge in [0.2, 0.25) is 15.9 Å². The lowest BCUT2D eigenvalue weighted by molar-refractivity contribution is -0.133. The SMILES string of the molecule is CN(CC(=O)N1CCN(S(=O)(=O)/C=C/c2ccccc2)CC1)Cc1ccc(N2CCOCC2)cc1. The predicted octanol–water partition coefficient (Wildman–Crippen LogP) is 2.10. The van der Waals surface area contributed by atoms with Crippen LogP contribution < -0.4 is 4.90 Å². The van der Waals surface area contributed by atoms with E-state index in [1.54, 1.807) is 11.0 Å². The quantitative estimate of drug-likeness (QED) is 0.555. The van der Waals surface area contributed by atoms with Gasteiger partial charge in [0.15, 0.2) is 0 Å². The number of hydrogen-bond donors (Lipinski definition) is 0. The number of hydrogen-bond acceptors (Lipinski definition) is 6. The number of piperazine rings is 1. The third kappa shape index (κ3) is 7.14. The molecule has 2 aromatic carbocycles. The fourth-order valence-corrected chi connectivity index (χ4v) is 5.51. The Kier molecular flexibility index (Phi) is 8.56. The van der Waals surface area contributed by atoms with Crippen molar-refractivity contribution in [1.82, 2.24) is 14.1 Å². The van der Waals surface area contributed by atoms with Crippen LogP contribution in [0.25, 0.3) is 6.08 Å². The first kappa shape index (κ1) is 25.4. The highest BCUT2D eigenvalue weighted by Gasteiger charge is 2.27. The van der Waals surface area contributed by atoms with Crippen molar-refractivity contribution in [1.29, 1.82) is 0 Å². The summed E-state index contributed by atoms with van der Waals surface area (Å²) in [5.41, 5.74) is 3.18. The molecule has 9 heteroatoms. The molecular formula is C26H34N4O4S. The molecule has 4 rings (SSSR count). The molecule has 2 aromatic rings. The van der Waals surface area contributed by atoms with E-state index in [9.17, 15) is 13.2 Å². The van der Waals surface area contributed by atoms with Gasteiger partial charge in [-0.25, -0.2) is 8.42 Å². The van der Waals surface area contributed by atoms with Gasteiger partial charge in [-0.3, -0.25) is 9.69 Å². The van der Waals surface area contributed by atoms with Crippen molar-refractivity contribution in [3.63, 3.8) is 0 Å². The number of amides is 1. The number of nitrogens with zero attached hydrogens (tertiary/aromatic N) is 4. The summed E-state index contributed by atoms with van der Waals surface area (Å²) >= 11 is 0. The number of likely N-dealkylation sites (N-methyl/N-ethyl adjacent to an activating group) is 1. The molecule has 35 heavy (non-hydrogen) atoms. The van der Waals surface area contributed by atoms with Crippen LogP contribution in [0, 0.1) is 0 Å². The Balaban J connectivity index is 1.23. The zero-order chi connectivity index (χ0) is 24.7. The maximum atomic E-state index is 12.8. The van der Waals surface area contributed by atoms with Crippen LogP contribution in [0.15, 0.2) is 60.0 Å². The first-order valence-corrected chi connectivity index (χ1v) is 13.5. The van der Waals surface area contributed by atoms with Crippen LogP contribution >= 0.6 is 0 Å². The minimum Gasteiger partial charge on any atom is -0.378 e. The van der Waals surface area contributed by atoms with E-state index in [1.165, 1.54) is 15.4 Å². The van der Waals surface area contributed by atoms with Crippen molar-refractivity contribution in [3.8, 4) is 0 Å². The van der Waals surface area contributed by atoms with Gasteiger partial charge in [0.05, 0.1) is 19.8 Å². The van der Waals surface area contributed by atoms with Crippen LogP contribution in [0.2, 0.25) is 0 Å². The molecule has 2 aliphatic rings. The molecule has 1 amide bonds. The second-order valence-corrected chi connectivity index (χ2v) is 10.8. The van der Waals surface area contributed by atoms with E-state index in [0.29, 0.717) is 39.3 Å². The maximum Gasteiger partial charge on any atom is 0.236 e. The van der Waals surface area contributed by atoms with E-state index in [2.05, 4.69) is 29.2 Å². The Morgan fingerprint density at radius 3 is 2.26 bits per heavy atom. The second-order valence-electron chi connectivity index (χ2n) is 8.98. The summed E-state index contributed by atoms with van der Waals surface area (Å²) in [4.78, 5) is 18.9. The summed E-state index contributed by atoms with van der Waals surface area (Å²) in [7, 11) is -1.58. The van der Waals surface area contributed by atoms with Crippen molar-refractivity contribution in [2.24, 2.45) is 0 Å². The van der Waals surface area contributed by atoms with Crippen molar-refractivity contribution in [3.05, 3.63) is 71.1 Å². The minimum absolute atomic E-state index is 0.0225. The molecule has 0 atom stereocenters. The first-order valence-electron chi connectivity index (χ1n) is 12.0. The van der Waals surface area contributed by atoms with E-state index < -0.39 is 10.0 Å². The lowest BCUT2D eigenvalue weighted by Gasteiger charge is -2.34. The molecule has 2 aliphatic heterocycles. The van der Waals surface area contributed by atoms with Crippen LogP contribution in [-0.4, -0.2) is 94.5 Å². The van der Waals surface area contributed by atoms with Crippen LogP contribution in [0.4, 0.5) is 5.69 Å². The van der Waals surface area contributed by atoms with Crippen molar-refractivity contribution in [2.75, 3.05) is 71.0 Å². The predicted molar refractivity (Wildman–Crippen MR) is 138 cm³/mol. The number of carbonyl (C=O) groups excluding carboxylic acids is 1. The van der Waals surface area contributed by atoms with Crippen molar-refractivity contribution < 1.29 is 17.9 Å². The molecule has 0 bridgehead atoms. The Morgan fingerprint density at radius 2 is 1.60 bits per heavy atom. The van der Waals surface area contributed by atoms with Gasteiger partial charge in [0.25, 0.3) is 0 Å². The number of anilines is 1. The summed E-state index contributed by atoms with van der Waals surface area (Å²) in [6.07, 6.45) is 1.61. The summed E-state index contributed by atoms with van der Waals surface area (Å²) in [6, 6.07) is 17.8. The van der Waals surface area contributed by atoms with Crippen molar-refractivity contribution in [2.45, 2.75) is 6.54 Å². The number of benzene rings is 2. The molecule has 8 nitrogen and oxygen atoms in total. The lowest BCUT2D eigenvalue weighted by atomic mass is 10.1. The van der Waals surface area contributed by atoms with Gasteiger partial charge in [-0.1, -0.05) is 42.5 Å². The van der Waals surface area contributed by atoms with E-state index in [1.807, 2.05) is 42.3 Å². The van der Waals surface area contributed by atoms with Gasteiger partial charge in [-0.15, -0.1) is 0 Å². The Morgan fingerprint density at radius 1 is 0.943 bits per heavy atom. The molecule has 0 saturated carbocycles. The highest BCUT2D eigenvalue weighted by atomic mass is 32.2. The summed E-state index contributed by atoms with van der Waals surface area (Å²) in [6.45, 7) is 5.73. The fourth-order valence-electron chi connectivity index (χ4n) is 4.34. The molecule has 2 heterocycles. The standard InChI is InChI=1S/C26H34N4O4S/c1-27(21-24-7-9-25(10-8-24)28-16-18-34-19-17-28)22-26(31)29-12-14-30(15-13-29)35(32,33)20-11-23-5-3-2-4-6-23/h2-11,20H,12-19,21-22H2,1H3/b20-11+. The van der Waals surface area contributed by atoms with Gasteiger partial charge in [0.1, 0.15) is 0 Å². The molecule has 0 aliphatic carbocycles. The fraction of sp³-hybridized carbons (Fsp3) is 0.423. The molecule has 0 unspecified atom stereocenters. The van der Waals surface area contributed by atoms with Crippen LogP contribution in [-0.2, 0) is 26.1 Å². The molecule has 2 fully saturated rings. The number of rotatable bonds is 8. The van der Waals surface area contributed by atoms with Crippen LogP contribution in [0.1, 0.15) is 11.1 Å². The first-order chi connectivity index (χ1) is 16.9. The molecule has 0 radical (unpaired) electrons. The topological polar surface area (TPSA) is 73.4 Å². The molecule has 0 N–H and O–H groups in total. The highest BCUT2D eigenvalue weighted by Crippen LogP contribution is 2.18. The van der Waals surface area contributed by atoms with E-state index >= 15 is 0 Å². The Hall–Kier alpha value is -2.72. The van der Waals surface area contributed by atoms with E-state index in [4.69, 9.17) is 4.74 Å². The van der Waals surface area contributed by atoms with Crippen molar-refractivity contribution >= 4 is 27.7 Å². The maximum absolute atomic E-state index is 12.8. The number of sulfonamides is 1. The zero-order valence-electron chi connectivity index (χ0n) is 20.3. The lowest BCUT2D eigenvalue weighted by Crippen LogP contribution is -2.51. The number of morpholine rings is 1. The molecule has 0 aromatic heterocycles. The van der Waals surface area contributed by atoms with Gasteiger partial charge < -0.3 is 14.5 Å². The van der Waals surface area contributed by atoms with E-state index in [-0.39, 0.29) is 5.91 Å². The van der Waals surface area contributed by atoms with Gasteiger partial charge in [-0.2, -0.15) is 4.31 Å². The third-order valence-corrected chi connectivity index (χ3v) is 7.92. The molecular weight excluding hydrogens is 464 g/mol. The molecule has 188 valence electrons. The minimum atomic E-state index is -3.51. The number of carbonyl (C=O) groups is 1. The third-order valence-electron chi connectivity index (χ3n) is 6.35. The zero-order valence-corrected chi connectivity index (χ0v) is 21.1. The van der Waals surface area contributed by atoms with Crippen LogP contribution in [0.3, 0.4) is 0 Å². The Bertz CT molecular complexity index is 1090. The van der Waals surface area contributed by atoms with Crippen LogP contribution in [0.5, 0.6) is 0 Å². The van der Waals surface area contributed by atoms with E-state index in [0.717, 1.165) is 37.4 Å². The second kappa shape index (κ2) is 11.8. The summed E-state index contributed by atoms with van der Waals surface area (Å²) in [5.74, 6) is 0.0225. The Labute approximate surface area is 208 Å². The van der Waals surface area contributed by atoms with Gasteiger partial charge in [0, 0.05) is 56.9 Å². The summed E-state index contributed by atoms with van der Waals surface area (Å²) < 4.78 is 32.2. The molecule has 2 saturated heterocycles. The van der Waals surface area contributed by atoms with Gasteiger partial charge >= 0.3 is 0 Å². The summed E-state index contributed by atoms with van der Waals surface area (Å²) in [5, 5.41) is 1.25. The highest BCUT2D eigenvalue weighted by molar-refractivity contribution is 7.92. The largest absolute Gasteiger partial charge is 0.378 e. The van der Waals surface area contributed by atoms with Gasteiger partial charge in [-0.05, 0) is 36.4 Å². The smallest absolute Gasteiger partial charge is 0.236 e. The monoisotopic (exact) mass is 498 g/mol. The number of ether oxygens (including phenoxy) is 1.